The van der Waals surface area contributed by atoms with Crippen molar-refractivity contribution in [3.63, 3.8) is 0 Å². The average molecular weight is 268 g/mol. The van der Waals surface area contributed by atoms with E-state index in [1.165, 1.54) is 0 Å². The minimum atomic E-state index is -0.346. The van der Waals surface area contributed by atoms with Crippen LogP contribution in [0.15, 0.2) is 24.3 Å². The molecule has 1 saturated heterocycles. The van der Waals surface area contributed by atoms with Gasteiger partial charge in [-0.2, -0.15) is 0 Å². The lowest BCUT2D eigenvalue weighted by Crippen LogP contribution is -2.50. The third-order valence-corrected chi connectivity index (χ3v) is 3.77. The minimum absolute atomic E-state index is 0.0162. The Hall–Kier alpha value is -1.06. The van der Waals surface area contributed by atoms with Crippen molar-refractivity contribution in [2.24, 2.45) is 5.41 Å². The number of amides is 1. The fourth-order valence-corrected chi connectivity index (χ4v) is 2.51. The maximum atomic E-state index is 12.3. The summed E-state index contributed by atoms with van der Waals surface area (Å²) in [6.07, 6.45) is 0.278. The van der Waals surface area contributed by atoms with Crippen LogP contribution in [-0.2, 0) is 0 Å². The number of hydrogen-bond acceptors (Lipinski definition) is 2. The highest BCUT2D eigenvalue weighted by Gasteiger charge is 2.36. The van der Waals surface area contributed by atoms with Gasteiger partial charge in [-0.3, -0.25) is 4.79 Å². The molecule has 0 aliphatic carbocycles. The predicted octanol–water partition coefficient (Wildman–Crippen LogP) is 2.57. The van der Waals surface area contributed by atoms with Gasteiger partial charge in [0, 0.05) is 29.1 Å². The molecule has 1 aliphatic heterocycles. The second-order valence-electron chi connectivity index (χ2n) is 5.53. The Morgan fingerprint density at radius 3 is 2.83 bits per heavy atom. The SMILES string of the molecule is CC1(C)CN(C(=O)c2cccc(Cl)c2)CCC1O. The number of nitrogens with zero attached hydrogens (tertiary/aromatic N) is 1. The molecule has 0 bridgehead atoms. The van der Waals surface area contributed by atoms with Crippen LogP contribution < -0.4 is 0 Å². The zero-order valence-corrected chi connectivity index (χ0v) is 11.4. The van der Waals surface area contributed by atoms with Crippen LogP contribution in [0.25, 0.3) is 0 Å². The first-order chi connectivity index (χ1) is 8.40. The number of halogens is 1. The molecule has 1 heterocycles. The lowest BCUT2D eigenvalue weighted by Gasteiger charge is -2.41. The third kappa shape index (κ3) is 2.68. The highest BCUT2D eigenvalue weighted by Crippen LogP contribution is 2.30. The van der Waals surface area contributed by atoms with Crippen molar-refractivity contribution in [1.82, 2.24) is 4.90 Å². The summed E-state index contributed by atoms with van der Waals surface area (Å²) in [5.41, 5.74) is 0.349. The van der Waals surface area contributed by atoms with E-state index >= 15 is 0 Å². The van der Waals surface area contributed by atoms with E-state index < -0.39 is 0 Å². The highest BCUT2D eigenvalue weighted by atomic mass is 35.5. The molecular weight excluding hydrogens is 250 g/mol. The molecule has 0 spiro atoms. The summed E-state index contributed by atoms with van der Waals surface area (Å²) in [6, 6.07) is 6.98. The maximum absolute atomic E-state index is 12.3. The van der Waals surface area contributed by atoms with Gasteiger partial charge in [-0.15, -0.1) is 0 Å². The van der Waals surface area contributed by atoms with E-state index in [4.69, 9.17) is 11.6 Å². The van der Waals surface area contributed by atoms with E-state index in [0.717, 1.165) is 0 Å². The van der Waals surface area contributed by atoms with Crippen LogP contribution >= 0.6 is 11.6 Å². The second kappa shape index (κ2) is 4.90. The molecule has 4 heteroatoms. The Morgan fingerprint density at radius 1 is 1.50 bits per heavy atom. The predicted molar refractivity (Wildman–Crippen MR) is 71.8 cm³/mol. The Bertz CT molecular complexity index is 459. The lowest BCUT2D eigenvalue weighted by molar-refractivity contribution is -0.0182. The molecule has 0 radical (unpaired) electrons. The van der Waals surface area contributed by atoms with Gasteiger partial charge in [0.25, 0.3) is 5.91 Å². The van der Waals surface area contributed by atoms with Crippen molar-refractivity contribution in [3.8, 4) is 0 Å². The van der Waals surface area contributed by atoms with E-state index in [1.54, 1.807) is 29.2 Å². The van der Waals surface area contributed by atoms with Crippen LogP contribution in [0.3, 0.4) is 0 Å². The lowest BCUT2D eigenvalue weighted by atomic mass is 9.81. The summed E-state index contributed by atoms with van der Waals surface area (Å²) >= 11 is 5.90. The summed E-state index contributed by atoms with van der Waals surface area (Å²) in [6.45, 7) is 5.12. The molecule has 2 rings (SSSR count). The van der Waals surface area contributed by atoms with E-state index in [0.29, 0.717) is 30.1 Å². The van der Waals surface area contributed by atoms with Crippen LogP contribution in [0.2, 0.25) is 5.02 Å². The standard InChI is InChI=1S/C14H18ClNO2/c1-14(2)9-16(7-6-12(14)17)13(18)10-4-3-5-11(15)8-10/h3-5,8,12,17H,6-7,9H2,1-2H3. The average Bonchev–Trinajstić information content (AvgIpc) is 2.31. The van der Waals surface area contributed by atoms with Gasteiger partial charge in [0.05, 0.1) is 6.10 Å². The number of piperidine rings is 1. The smallest absolute Gasteiger partial charge is 0.253 e. The first kappa shape index (κ1) is 13.4. The van der Waals surface area contributed by atoms with Crippen molar-refractivity contribution in [3.05, 3.63) is 34.9 Å². The monoisotopic (exact) mass is 267 g/mol. The number of aliphatic hydroxyl groups is 1. The van der Waals surface area contributed by atoms with Crippen molar-refractivity contribution < 1.29 is 9.90 Å². The first-order valence-corrected chi connectivity index (χ1v) is 6.51. The number of carbonyl (C=O) groups is 1. The Labute approximate surface area is 112 Å². The van der Waals surface area contributed by atoms with Gasteiger partial charge in [0.1, 0.15) is 0 Å². The number of rotatable bonds is 1. The summed E-state index contributed by atoms with van der Waals surface area (Å²) < 4.78 is 0. The number of hydrogen-bond donors (Lipinski definition) is 1. The van der Waals surface area contributed by atoms with Gasteiger partial charge in [-0.25, -0.2) is 0 Å². The summed E-state index contributed by atoms with van der Waals surface area (Å²) in [5.74, 6) is -0.0162. The van der Waals surface area contributed by atoms with E-state index in [2.05, 4.69) is 0 Å². The van der Waals surface area contributed by atoms with E-state index in [-0.39, 0.29) is 17.4 Å². The Kier molecular flexibility index (Phi) is 3.64. The van der Waals surface area contributed by atoms with Crippen molar-refractivity contribution in [2.45, 2.75) is 26.4 Å². The molecule has 1 unspecified atom stereocenters. The zero-order chi connectivity index (χ0) is 13.3. The molecule has 3 nitrogen and oxygen atoms in total. The first-order valence-electron chi connectivity index (χ1n) is 6.13. The molecule has 98 valence electrons. The van der Waals surface area contributed by atoms with Gasteiger partial charge in [0.2, 0.25) is 0 Å². The van der Waals surface area contributed by atoms with E-state index in [9.17, 15) is 9.90 Å². The third-order valence-electron chi connectivity index (χ3n) is 3.53. The van der Waals surface area contributed by atoms with Crippen molar-refractivity contribution >= 4 is 17.5 Å². The van der Waals surface area contributed by atoms with Crippen LogP contribution in [0.4, 0.5) is 0 Å². The number of benzene rings is 1. The second-order valence-corrected chi connectivity index (χ2v) is 5.97. The van der Waals surface area contributed by atoms with Crippen molar-refractivity contribution in [1.29, 1.82) is 0 Å². The fraction of sp³-hybridized carbons (Fsp3) is 0.500. The Morgan fingerprint density at radius 2 is 2.22 bits per heavy atom. The van der Waals surface area contributed by atoms with E-state index in [1.807, 2.05) is 13.8 Å². The molecule has 1 fully saturated rings. The van der Waals surface area contributed by atoms with Gasteiger partial charge in [-0.05, 0) is 24.6 Å². The number of aliphatic hydroxyl groups excluding tert-OH is 1. The van der Waals surface area contributed by atoms with Crippen LogP contribution in [0, 0.1) is 5.41 Å². The van der Waals surface area contributed by atoms with Crippen LogP contribution in [-0.4, -0.2) is 35.1 Å². The number of likely N-dealkylation sites (tertiary alicyclic amines) is 1. The van der Waals surface area contributed by atoms with Crippen LogP contribution in [0.5, 0.6) is 0 Å². The minimum Gasteiger partial charge on any atom is -0.392 e. The maximum Gasteiger partial charge on any atom is 0.253 e. The van der Waals surface area contributed by atoms with Crippen molar-refractivity contribution in [2.75, 3.05) is 13.1 Å². The van der Waals surface area contributed by atoms with Gasteiger partial charge in [-0.1, -0.05) is 31.5 Å². The summed E-state index contributed by atoms with van der Waals surface area (Å²) in [4.78, 5) is 14.1. The largest absolute Gasteiger partial charge is 0.392 e. The summed E-state index contributed by atoms with van der Waals surface area (Å²) in [7, 11) is 0. The molecule has 1 N–H and O–H groups in total. The van der Waals surface area contributed by atoms with Gasteiger partial charge < -0.3 is 10.0 Å². The number of carbonyl (C=O) groups excluding carboxylic acids is 1. The molecule has 18 heavy (non-hydrogen) atoms. The molecule has 1 aromatic rings. The summed E-state index contributed by atoms with van der Waals surface area (Å²) in [5, 5.41) is 10.5. The quantitative estimate of drug-likeness (QED) is 0.850. The molecular formula is C14H18ClNO2. The fourth-order valence-electron chi connectivity index (χ4n) is 2.32. The molecule has 1 aliphatic rings. The molecule has 1 atom stereocenters. The zero-order valence-electron chi connectivity index (χ0n) is 10.7. The topological polar surface area (TPSA) is 40.5 Å². The van der Waals surface area contributed by atoms with Gasteiger partial charge in [0.15, 0.2) is 0 Å². The normalized spacial score (nSPS) is 22.9. The van der Waals surface area contributed by atoms with Gasteiger partial charge >= 0.3 is 0 Å². The molecule has 0 saturated carbocycles. The van der Waals surface area contributed by atoms with Crippen LogP contribution in [0.1, 0.15) is 30.6 Å². The highest BCUT2D eigenvalue weighted by molar-refractivity contribution is 6.30. The molecule has 0 aromatic heterocycles. The Balaban J connectivity index is 2.15. The molecule has 1 amide bonds. The molecule has 1 aromatic carbocycles.